The first kappa shape index (κ1) is 9.39. The molecule has 1 saturated carbocycles. The van der Waals surface area contributed by atoms with Crippen molar-refractivity contribution in [1.29, 1.82) is 0 Å². The maximum Gasteiger partial charge on any atom is 0.164 e. The molecule has 1 aliphatic carbocycles. The van der Waals surface area contributed by atoms with E-state index in [2.05, 4.69) is 14.8 Å². The fraction of sp³-hybridized carbons (Fsp3) is 0.333. The molecule has 2 aromatic rings. The van der Waals surface area contributed by atoms with Gasteiger partial charge in [-0.15, -0.1) is 10.2 Å². The zero-order chi connectivity index (χ0) is 11.1. The van der Waals surface area contributed by atoms with Crippen molar-refractivity contribution in [2.45, 2.75) is 25.8 Å². The number of rotatable bonds is 2. The predicted molar refractivity (Wildman–Crippen MR) is 62.9 cm³/mol. The summed E-state index contributed by atoms with van der Waals surface area (Å²) in [4.78, 5) is 0. The second kappa shape index (κ2) is 3.33. The number of benzene rings is 1. The standard InChI is InChI=1S/C12H14N4/c1-8-14-15-12(16(8)11-6-7-11)9-2-4-10(13)5-3-9/h2-5,11H,6-7,13H2,1H3. The number of hydrogen-bond donors (Lipinski definition) is 1. The van der Waals surface area contributed by atoms with Gasteiger partial charge in [0.15, 0.2) is 5.82 Å². The van der Waals surface area contributed by atoms with Crippen molar-refractivity contribution in [3.8, 4) is 11.4 Å². The zero-order valence-electron chi connectivity index (χ0n) is 9.22. The Morgan fingerprint density at radius 2 is 1.88 bits per heavy atom. The Bertz CT molecular complexity index is 508. The maximum absolute atomic E-state index is 5.68. The third-order valence-electron chi connectivity index (χ3n) is 2.95. The Morgan fingerprint density at radius 3 is 2.50 bits per heavy atom. The second-order valence-electron chi connectivity index (χ2n) is 4.29. The first-order valence-electron chi connectivity index (χ1n) is 5.53. The number of nitrogen functional groups attached to an aromatic ring is 1. The van der Waals surface area contributed by atoms with Crippen molar-refractivity contribution in [1.82, 2.24) is 14.8 Å². The lowest BCUT2D eigenvalue weighted by atomic mass is 10.2. The third-order valence-corrected chi connectivity index (χ3v) is 2.95. The van der Waals surface area contributed by atoms with E-state index in [0.717, 1.165) is 22.9 Å². The van der Waals surface area contributed by atoms with Gasteiger partial charge in [-0.2, -0.15) is 0 Å². The van der Waals surface area contributed by atoms with Gasteiger partial charge in [-0.25, -0.2) is 0 Å². The molecule has 1 aliphatic rings. The molecule has 82 valence electrons. The number of hydrogen-bond acceptors (Lipinski definition) is 3. The normalized spacial score (nSPS) is 15.3. The monoisotopic (exact) mass is 214 g/mol. The molecular weight excluding hydrogens is 200 g/mol. The van der Waals surface area contributed by atoms with Crippen LogP contribution in [0.25, 0.3) is 11.4 Å². The topological polar surface area (TPSA) is 56.7 Å². The Kier molecular flexibility index (Phi) is 1.96. The van der Waals surface area contributed by atoms with Crippen LogP contribution in [0.3, 0.4) is 0 Å². The van der Waals surface area contributed by atoms with Crippen LogP contribution in [0.2, 0.25) is 0 Å². The summed E-state index contributed by atoms with van der Waals surface area (Å²) in [5.41, 5.74) is 7.54. The van der Waals surface area contributed by atoms with Crippen LogP contribution in [0, 0.1) is 6.92 Å². The summed E-state index contributed by atoms with van der Waals surface area (Å²) in [6.45, 7) is 2.01. The van der Waals surface area contributed by atoms with Gasteiger partial charge >= 0.3 is 0 Å². The van der Waals surface area contributed by atoms with E-state index in [1.165, 1.54) is 12.8 Å². The molecule has 0 saturated heterocycles. The van der Waals surface area contributed by atoms with E-state index >= 15 is 0 Å². The first-order chi connectivity index (χ1) is 7.75. The molecule has 1 aromatic carbocycles. The van der Waals surface area contributed by atoms with Gasteiger partial charge in [0.2, 0.25) is 0 Å². The lowest BCUT2D eigenvalue weighted by Crippen LogP contribution is -1.99. The Labute approximate surface area is 94.1 Å². The third kappa shape index (κ3) is 1.46. The summed E-state index contributed by atoms with van der Waals surface area (Å²) < 4.78 is 2.23. The van der Waals surface area contributed by atoms with Crippen LogP contribution in [-0.4, -0.2) is 14.8 Å². The van der Waals surface area contributed by atoms with Crippen molar-refractivity contribution in [3.63, 3.8) is 0 Å². The molecule has 4 heteroatoms. The number of nitrogens with two attached hydrogens (primary N) is 1. The minimum Gasteiger partial charge on any atom is -0.399 e. The molecule has 4 nitrogen and oxygen atoms in total. The largest absolute Gasteiger partial charge is 0.399 e. The molecule has 2 N–H and O–H groups in total. The first-order valence-corrected chi connectivity index (χ1v) is 5.53. The van der Waals surface area contributed by atoms with Gasteiger partial charge in [-0.05, 0) is 44.0 Å². The van der Waals surface area contributed by atoms with E-state index < -0.39 is 0 Å². The fourth-order valence-electron chi connectivity index (χ4n) is 1.97. The Hall–Kier alpha value is -1.84. The van der Waals surface area contributed by atoms with Gasteiger partial charge in [0, 0.05) is 17.3 Å². The smallest absolute Gasteiger partial charge is 0.164 e. The van der Waals surface area contributed by atoms with Gasteiger partial charge in [0.1, 0.15) is 5.82 Å². The predicted octanol–water partition coefficient (Wildman–Crippen LogP) is 2.17. The Morgan fingerprint density at radius 1 is 1.19 bits per heavy atom. The van der Waals surface area contributed by atoms with Crippen molar-refractivity contribution >= 4 is 5.69 Å². The fourth-order valence-corrected chi connectivity index (χ4v) is 1.97. The average Bonchev–Trinajstić information content (AvgIpc) is 3.04. The van der Waals surface area contributed by atoms with E-state index in [4.69, 9.17) is 5.73 Å². The lowest BCUT2D eigenvalue weighted by Gasteiger charge is -2.06. The molecule has 0 radical (unpaired) electrons. The minimum absolute atomic E-state index is 0.600. The van der Waals surface area contributed by atoms with Crippen LogP contribution in [0.4, 0.5) is 5.69 Å². The number of aromatic nitrogens is 3. The minimum atomic E-state index is 0.600. The average molecular weight is 214 g/mol. The van der Waals surface area contributed by atoms with Crippen LogP contribution in [0.5, 0.6) is 0 Å². The summed E-state index contributed by atoms with van der Waals surface area (Å²) in [6.07, 6.45) is 2.47. The summed E-state index contributed by atoms with van der Waals surface area (Å²) >= 11 is 0. The zero-order valence-corrected chi connectivity index (χ0v) is 9.22. The highest BCUT2D eigenvalue weighted by Crippen LogP contribution is 2.38. The highest BCUT2D eigenvalue weighted by atomic mass is 15.3. The van der Waals surface area contributed by atoms with Gasteiger partial charge in [0.25, 0.3) is 0 Å². The molecule has 0 unspecified atom stereocenters. The number of nitrogens with zero attached hydrogens (tertiary/aromatic N) is 3. The summed E-state index contributed by atoms with van der Waals surface area (Å²) in [7, 11) is 0. The molecule has 1 aromatic heterocycles. The van der Waals surface area contributed by atoms with E-state index in [1.54, 1.807) is 0 Å². The van der Waals surface area contributed by atoms with E-state index in [-0.39, 0.29) is 0 Å². The van der Waals surface area contributed by atoms with E-state index in [1.807, 2.05) is 31.2 Å². The summed E-state index contributed by atoms with van der Waals surface area (Å²) in [5.74, 6) is 1.95. The Balaban J connectivity index is 2.08. The van der Waals surface area contributed by atoms with Gasteiger partial charge < -0.3 is 10.3 Å². The molecule has 0 atom stereocenters. The van der Waals surface area contributed by atoms with E-state index in [9.17, 15) is 0 Å². The molecule has 3 rings (SSSR count). The van der Waals surface area contributed by atoms with Crippen molar-refractivity contribution in [2.24, 2.45) is 0 Å². The highest BCUT2D eigenvalue weighted by Gasteiger charge is 2.28. The SMILES string of the molecule is Cc1nnc(-c2ccc(N)cc2)n1C1CC1. The molecule has 1 fully saturated rings. The molecule has 0 bridgehead atoms. The van der Waals surface area contributed by atoms with Crippen LogP contribution in [-0.2, 0) is 0 Å². The molecule has 16 heavy (non-hydrogen) atoms. The van der Waals surface area contributed by atoms with Gasteiger partial charge in [0.05, 0.1) is 0 Å². The van der Waals surface area contributed by atoms with Crippen molar-refractivity contribution in [2.75, 3.05) is 5.73 Å². The van der Waals surface area contributed by atoms with Crippen LogP contribution < -0.4 is 5.73 Å². The molecule has 0 aliphatic heterocycles. The highest BCUT2D eigenvalue weighted by molar-refractivity contribution is 5.59. The van der Waals surface area contributed by atoms with Crippen LogP contribution in [0.1, 0.15) is 24.7 Å². The van der Waals surface area contributed by atoms with Crippen molar-refractivity contribution < 1.29 is 0 Å². The van der Waals surface area contributed by atoms with Crippen LogP contribution in [0.15, 0.2) is 24.3 Å². The quantitative estimate of drug-likeness (QED) is 0.779. The number of anilines is 1. The van der Waals surface area contributed by atoms with Gasteiger partial charge in [-0.3, -0.25) is 0 Å². The summed E-state index contributed by atoms with van der Waals surface area (Å²) in [5, 5.41) is 8.41. The van der Waals surface area contributed by atoms with Crippen LogP contribution >= 0.6 is 0 Å². The van der Waals surface area contributed by atoms with Crippen molar-refractivity contribution in [3.05, 3.63) is 30.1 Å². The molecule has 1 heterocycles. The van der Waals surface area contributed by atoms with Gasteiger partial charge in [-0.1, -0.05) is 0 Å². The molecule has 0 amide bonds. The molecule has 0 spiro atoms. The van der Waals surface area contributed by atoms with E-state index in [0.29, 0.717) is 6.04 Å². The second-order valence-corrected chi connectivity index (χ2v) is 4.29. The number of aryl methyl sites for hydroxylation is 1. The molecular formula is C12H14N4. The lowest BCUT2D eigenvalue weighted by molar-refractivity contribution is 0.717. The summed E-state index contributed by atoms with van der Waals surface area (Å²) in [6, 6.07) is 8.39. The maximum atomic E-state index is 5.68.